The minimum atomic E-state index is 0.643. The number of methoxy groups -OCH3 is 1. The van der Waals surface area contributed by atoms with Crippen LogP contribution in [0.5, 0.6) is 0 Å². The minimum Gasteiger partial charge on any atom is -0.453 e. The number of ether oxygens (including phenoxy) is 2. The standard InChI is InChI=1S/C10H16BrNO3/c1-13-6-7-14-5-4-12-8-9-2-3-10(11)15-9/h2-3,12H,4-8H2,1H3. The first kappa shape index (κ1) is 12.7. The van der Waals surface area contributed by atoms with Crippen molar-refractivity contribution in [2.45, 2.75) is 6.54 Å². The van der Waals surface area contributed by atoms with E-state index in [1.165, 1.54) is 0 Å². The van der Waals surface area contributed by atoms with Crippen molar-refractivity contribution in [3.63, 3.8) is 0 Å². The van der Waals surface area contributed by atoms with Crippen molar-refractivity contribution in [2.24, 2.45) is 0 Å². The van der Waals surface area contributed by atoms with Crippen molar-refractivity contribution in [1.82, 2.24) is 5.32 Å². The van der Waals surface area contributed by atoms with Crippen LogP contribution in [0.25, 0.3) is 0 Å². The fraction of sp³-hybridized carbons (Fsp3) is 0.600. The third kappa shape index (κ3) is 5.94. The number of halogens is 1. The number of rotatable bonds is 8. The summed E-state index contributed by atoms with van der Waals surface area (Å²) < 4.78 is 16.2. The second kappa shape index (κ2) is 7.87. The zero-order valence-electron chi connectivity index (χ0n) is 8.79. The molecule has 15 heavy (non-hydrogen) atoms. The van der Waals surface area contributed by atoms with Crippen molar-refractivity contribution < 1.29 is 13.9 Å². The first-order chi connectivity index (χ1) is 7.33. The Balaban J connectivity index is 1.93. The van der Waals surface area contributed by atoms with Gasteiger partial charge in [0.2, 0.25) is 0 Å². The van der Waals surface area contributed by atoms with E-state index in [1.807, 2.05) is 12.1 Å². The van der Waals surface area contributed by atoms with Crippen LogP contribution >= 0.6 is 15.9 Å². The molecule has 0 aromatic carbocycles. The molecular formula is C10H16BrNO3. The second-order valence-electron chi connectivity index (χ2n) is 2.99. The zero-order valence-corrected chi connectivity index (χ0v) is 10.4. The lowest BCUT2D eigenvalue weighted by Crippen LogP contribution is -2.19. The molecule has 86 valence electrons. The number of hydrogen-bond acceptors (Lipinski definition) is 4. The number of nitrogens with one attached hydrogen (secondary N) is 1. The van der Waals surface area contributed by atoms with Gasteiger partial charge >= 0.3 is 0 Å². The molecule has 0 atom stereocenters. The quantitative estimate of drug-likeness (QED) is 0.736. The van der Waals surface area contributed by atoms with Crippen LogP contribution in [-0.2, 0) is 16.0 Å². The summed E-state index contributed by atoms with van der Waals surface area (Å²) in [5, 5.41) is 3.21. The van der Waals surface area contributed by atoms with Crippen LogP contribution in [0.3, 0.4) is 0 Å². The van der Waals surface area contributed by atoms with Crippen molar-refractivity contribution in [3.05, 3.63) is 22.6 Å². The maximum Gasteiger partial charge on any atom is 0.169 e. The van der Waals surface area contributed by atoms with Gasteiger partial charge in [-0.25, -0.2) is 0 Å². The second-order valence-corrected chi connectivity index (χ2v) is 3.77. The highest BCUT2D eigenvalue weighted by Crippen LogP contribution is 2.13. The van der Waals surface area contributed by atoms with Crippen molar-refractivity contribution >= 4 is 15.9 Å². The molecule has 0 aliphatic carbocycles. The molecule has 0 saturated carbocycles. The van der Waals surface area contributed by atoms with E-state index in [0.717, 1.165) is 23.5 Å². The smallest absolute Gasteiger partial charge is 0.169 e. The van der Waals surface area contributed by atoms with Crippen LogP contribution in [0.1, 0.15) is 5.76 Å². The Bertz CT molecular complexity index is 265. The summed E-state index contributed by atoms with van der Waals surface area (Å²) in [6.07, 6.45) is 0. The first-order valence-electron chi connectivity index (χ1n) is 4.84. The van der Waals surface area contributed by atoms with Gasteiger partial charge in [0.1, 0.15) is 5.76 Å². The van der Waals surface area contributed by atoms with Gasteiger partial charge in [0.25, 0.3) is 0 Å². The summed E-state index contributed by atoms with van der Waals surface area (Å²) in [5.74, 6) is 0.916. The van der Waals surface area contributed by atoms with E-state index in [9.17, 15) is 0 Å². The summed E-state index contributed by atoms with van der Waals surface area (Å²) >= 11 is 3.25. The number of furan rings is 1. The van der Waals surface area contributed by atoms with Gasteiger partial charge in [0, 0.05) is 13.7 Å². The molecule has 4 nitrogen and oxygen atoms in total. The highest BCUT2D eigenvalue weighted by Gasteiger charge is 1.97. The van der Waals surface area contributed by atoms with Gasteiger partial charge in [0.05, 0.1) is 26.4 Å². The van der Waals surface area contributed by atoms with Gasteiger partial charge in [-0.05, 0) is 28.1 Å². The molecule has 0 fully saturated rings. The van der Waals surface area contributed by atoms with Crippen LogP contribution in [0.15, 0.2) is 21.2 Å². The fourth-order valence-electron chi connectivity index (χ4n) is 1.05. The molecule has 0 amide bonds. The highest BCUT2D eigenvalue weighted by atomic mass is 79.9. The van der Waals surface area contributed by atoms with E-state index >= 15 is 0 Å². The normalized spacial score (nSPS) is 10.8. The van der Waals surface area contributed by atoms with E-state index in [2.05, 4.69) is 21.2 Å². The maximum atomic E-state index is 5.32. The topological polar surface area (TPSA) is 43.6 Å². The Morgan fingerprint density at radius 1 is 1.33 bits per heavy atom. The average Bonchev–Trinajstić information content (AvgIpc) is 2.63. The average molecular weight is 278 g/mol. The van der Waals surface area contributed by atoms with E-state index in [0.29, 0.717) is 19.8 Å². The minimum absolute atomic E-state index is 0.643. The van der Waals surface area contributed by atoms with Crippen molar-refractivity contribution in [2.75, 3.05) is 33.5 Å². The molecule has 1 aromatic heterocycles. The Morgan fingerprint density at radius 2 is 2.20 bits per heavy atom. The maximum absolute atomic E-state index is 5.32. The van der Waals surface area contributed by atoms with Gasteiger partial charge in [-0.3, -0.25) is 0 Å². The highest BCUT2D eigenvalue weighted by molar-refractivity contribution is 9.10. The summed E-state index contributed by atoms with van der Waals surface area (Å²) in [4.78, 5) is 0. The molecule has 0 unspecified atom stereocenters. The third-order valence-corrected chi connectivity index (χ3v) is 2.21. The molecule has 1 aromatic rings. The van der Waals surface area contributed by atoms with Crippen LogP contribution in [-0.4, -0.2) is 33.5 Å². The lowest BCUT2D eigenvalue weighted by molar-refractivity contribution is 0.0717. The SMILES string of the molecule is COCCOCCNCc1ccc(Br)o1. The van der Waals surface area contributed by atoms with Gasteiger partial charge in [-0.2, -0.15) is 0 Å². The van der Waals surface area contributed by atoms with Crippen molar-refractivity contribution in [1.29, 1.82) is 0 Å². The van der Waals surface area contributed by atoms with Gasteiger partial charge < -0.3 is 19.2 Å². The van der Waals surface area contributed by atoms with E-state index in [1.54, 1.807) is 7.11 Å². The molecule has 0 spiro atoms. The van der Waals surface area contributed by atoms with Gasteiger partial charge in [-0.15, -0.1) is 0 Å². The Labute approximate surface area is 98.1 Å². The van der Waals surface area contributed by atoms with Gasteiger partial charge in [0.15, 0.2) is 4.67 Å². The van der Waals surface area contributed by atoms with Crippen LogP contribution in [0.4, 0.5) is 0 Å². The van der Waals surface area contributed by atoms with E-state index < -0.39 is 0 Å². The number of hydrogen-bond donors (Lipinski definition) is 1. The summed E-state index contributed by atoms with van der Waals surface area (Å²) in [5.41, 5.74) is 0. The molecule has 0 aliphatic heterocycles. The summed E-state index contributed by atoms with van der Waals surface area (Å²) in [6, 6.07) is 3.81. The molecule has 1 heterocycles. The summed E-state index contributed by atoms with van der Waals surface area (Å²) in [6.45, 7) is 3.50. The van der Waals surface area contributed by atoms with E-state index in [-0.39, 0.29) is 0 Å². The molecule has 0 aliphatic rings. The lowest BCUT2D eigenvalue weighted by Gasteiger charge is -2.04. The van der Waals surface area contributed by atoms with E-state index in [4.69, 9.17) is 13.9 Å². The Hall–Kier alpha value is -0.360. The zero-order chi connectivity index (χ0) is 10.9. The first-order valence-corrected chi connectivity index (χ1v) is 5.64. The molecule has 0 radical (unpaired) electrons. The van der Waals surface area contributed by atoms with Gasteiger partial charge in [-0.1, -0.05) is 0 Å². The molecule has 1 rings (SSSR count). The Morgan fingerprint density at radius 3 is 2.87 bits per heavy atom. The molecule has 0 saturated heterocycles. The molecule has 1 N–H and O–H groups in total. The predicted molar refractivity (Wildman–Crippen MR) is 60.8 cm³/mol. The third-order valence-electron chi connectivity index (χ3n) is 1.78. The largest absolute Gasteiger partial charge is 0.453 e. The van der Waals surface area contributed by atoms with Crippen LogP contribution in [0, 0.1) is 0 Å². The lowest BCUT2D eigenvalue weighted by atomic mass is 10.4. The van der Waals surface area contributed by atoms with Crippen LogP contribution in [0.2, 0.25) is 0 Å². The van der Waals surface area contributed by atoms with Crippen LogP contribution < -0.4 is 5.32 Å². The Kier molecular flexibility index (Phi) is 6.67. The van der Waals surface area contributed by atoms with Crippen molar-refractivity contribution in [3.8, 4) is 0 Å². The summed E-state index contributed by atoms with van der Waals surface area (Å²) in [7, 11) is 1.66. The monoisotopic (exact) mass is 277 g/mol. The predicted octanol–water partition coefficient (Wildman–Crippen LogP) is 1.79. The fourth-order valence-corrected chi connectivity index (χ4v) is 1.39. The molecular weight excluding hydrogens is 262 g/mol. The molecule has 5 heteroatoms. The molecule has 0 bridgehead atoms.